The van der Waals surface area contributed by atoms with Crippen molar-refractivity contribution in [2.75, 3.05) is 19.7 Å². The first-order chi connectivity index (χ1) is 15.5. The van der Waals surface area contributed by atoms with Crippen LogP contribution in [0.4, 0.5) is 17.6 Å². The van der Waals surface area contributed by atoms with E-state index in [0.717, 1.165) is 19.3 Å². The largest absolute Gasteiger partial charge is 0.432 e. The van der Waals surface area contributed by atoms with Gasteiger partial charge in [-0.15, -0.1) is 0 Å². The number of halogens is 4. The molecule has 10 heteroatoms. The van der Waals surface area contributed by atoms with Crippen LogP contribution in [0.2, 0.25) is 0 Å². The monoisotopic (exact) mass is 470 g/mol. The topological polar surface area (TPSA) is 82.2 Å². The van der Waals surface area contributed by atoms with Gasteiger partial charge < -0.3 is 10.0 Å². The second-order valence-electron chi connectivity index (χ2n) is 8.00. The van der Waals surface area contributed by atoms with Crippen LogP contribution in [-0.4, -0.2) is 52.5 Å². The Morgan fingerprint density at radius 1 is 1.27 bits per heavy atom. The van der Waals surface area contributed by atoms with E-state index in [-0.39, 0.29) is 36.4 Å². The summed E-state index contributed by atoms with van der Waals surface area (Å²) in [5, 5.41) is 9.71. The van der Waals surface area contributed by atoms with Crippen molar-refractivity contribution in [1.82, 2.24) is 9.91 Å². The molecule has 2 rings (SSSR count). The molecule has 6 nitrogen and oxygen atoms in total. The highest BCUT2D eigenvalue weighted by molar-refractivity contribution is 5.99. The zero-order valence-corrected chi connectivity index (χ0v) is 18.6. The summed E-state index contributed by atoms with van der Waals surface area (Å²) < 4.78 is 52.7. The molecule has 1 aromatic carbocycles. The molecule has 0 aliphatic carbocycles. The maximum atomic E-state index is 13.2. The summed E-state index contributed by atoms with van der Waals surface area (Å²) in [6, 6.07) is 5.29. The van der Waals surface area contributed by atoms with Crippen LogP contribution in [0.25, 0.3) is 0 Å². The summed E-state index contributed by atoms with van der Waals surface area (Å²) >= 11 is 0. The fraction of sp³-hybridized carbons (Fsp3) is 0.478. The van der Waals surface area contributed by atoms with Crippen LogP contribution >= 0.6 is 0 Å². The van der Waals surface area contributed by atoms with Gasteiger partial charge in [-0.1, -0.05) is 25.1 Å². The molecule has 182 valence electrons. The lowest BCUT2D eigenvalue weighted by Crippen LogP contribution is -2.37. The lowest BCUT2D eigenvalue weighted by molar-refractivity contribution is -0.130. The first kappa shape index (κ1) is 26.5. The highest BCUT2D eigenvalue weighted by Gasteiger charge is 2.36. The molecule has 1 amide bonds. The van der Waals surface area contributed by atoms with Gasteiger partial charge in [-0.2, -0.15) is 13.2 Å². The van der Waals surface area contributed by atoms with Crippen LogP contribution in [0.1, 0.15) is 44.6 Å². The molecular weight excluding hydrogens is 440 g/mol. The van der Waals surface area contributed by atoms with Gasteiger partial charge >= 0.3 is 6.18 Å². The number of nitrogens with zero attached hydrogens (tertiary/aromatic N) is 3. The van der Waals surface area contributed by atoms with Gasteiger partial charge in [0.15, 0.2) is 0 Å². The zero-order chi connectivity index (χ0) is 24.6. The second-order valence-corrected chi connectivity index (χ2v) is 8.00. The molecule has 0 bridgehead atoms. The molecule has 0 saturated carbocycles. The van der Waals surface area contributed by atoms with Gasteiger partial charge in [-0.05, 0) is 55.9 Å². The SMILES string of the molecule is C=C(N(N)C(=C\CC(=O)N1CCCCC(CO)CC1)/N=C(\C)c1ccc(F)cc1)C(F)(F)F. The Morgan fingerprint density at radius 2 is 1.94 bits per heavy atom. The van der Waals surface area contributed by atoms with E-state index < -0.39 is 17.7 Å². The number of aliphatic imine (C=N–C) groups is 1. The lowest BCUT2D eigenvalue weighted by atomic mass is 9.97. The minimum atomic E-state index is -4.79. The summed E-state index contributed by atoms with van der Waals surface area (Å²) in [6.07, 6.45) is -0.532. The Hall–Kier alpha value is -2.72. The van der Waals surface area contributed by atoms with Crippen molar-refractivity contribution in [2.24, 2.45) is 16.8 Å². The average molecular weight is 471 g/mol. The third-order valence-electron chi connectivity index (χ3n) is 5.58. The standard InChI is InChI=1S/C23H30F4N4O2/c1-16(19-6-8-20(24)9-7-19)29-21(31(28)17(2)23(25,26)27)10-11-22(33)30-13-4-3-5-18(15-32)12-14-30/h6-10,18,32H,2-5,11-15,28H2,1H3/b21-10-,29-16+. The molecule has 1 aromatic rings. The maximum Gasteiger partial charge on any atom is 0.432 e. The van der Waals surface area contributed by atoms with Gasteiger partial charge in [0, 0.05) is 31.8 Å². The van der Waals surface area contributed by atoms with Crippen LogP contribution in [0.5, 0.6) is 0 Å². The number of nitrogens with two attached hydrogens (primary N) is 1. The summed E-state index contributed by atoms with van der Waals surface area (Å²) in [4.78, 5) is 18.6. The van der Waals surface area contributed by atoms with E-state index in [1.165, 1.54) is 30.3 Å². The predicted molar refractivity (Wildman–Crippen MR) is 118 cm³/mol. The fourth-order valence-corrected chi connectivity index (χ4v) is 3.47. The summed E-state index contributed by atoms with van der Waals surface area (Å²) in [5.41, 5.74) is -0.566. The van der Waals surface area contributed by atoms with E-state index in [1.54, 1.807) is 11.8 Å². The Labute approximate surface area is 191 Å². The van der Waals surface area contributed by atoms with E-state index >= 15 is 0 Å². The summed E-state index contributed by atoms with van der Waals surface area (Å²) in [5.74, 6) is 4.77. The van der Waals surface area contributed by atoms with Gasteiger partial charge in [-0.25, -0.2) is 15.2 Å². The summed E-state index contributed by atoms with van der Waals surface area (Å²) in [6.45, 7) is 5.60. The first-order valence-corrected chi connectivity index (χ1v) is 10.7. The number of amides is 1. The van der Waals surface area contributed by atoms with Crippen LogP contribution in [0, 0.1) is 11.7 Å². The number of hydrogen-bond donors (Lipinski definition) is 2. The third-order valence-corrected chi connectivity index (χ3v) is 5.58. The van der Waals surface area contributed by atoms with Crippen LogP contribution in [0.3, 0.4) is 0 Å². The molecule has 1 unspecified atom stereocenters. The number of hydrazine groups is 1. The number of likely N-dealkylation sites (tertiary alicyclic amines) is 1. The summed E-state index contributed by atoms with van der Waals surface area (Å²) in [7, 11) is 0. The fourth-order valence-electron chi connectivity index (χ4n) is 3.47. The number of carbonyl (C=O) groups is 1. The number of benzene rings is 1. The molecule has 3 N–H and O–H groups in total. The molecular formula is C23H30F4N4O2. The van der Waals surface area contributed by atoms with Gasteiger partial charge in [0.2, 0.25) is 5.91 Å². The minimum Gasteiger partial charge on any atom is -0.396 e. The maximum absolute atomic E-state index is 13.2. The number of allylic oxidation sites excluding steroid dienone is 1. The van der Waals surface area contributed by atoms with E-state index in [0.29, 0.717) is 30.1 Å². The third kappa shape index (κ3) is 7.97. The number of aliphatic hydroxyl groups excluding tert-OH is 1. The van der Waals surface area contributed by atoms with Crippen molar-refractivity contribution < 1.29 is 27.5 Å². The highest BCUT2D eigenvalue weighted by Crippen LogP contribution is 2.28. The molecule has 0 spiro atoms. The van der Waals surface area contributed by atoms with Crippen molar-refractivity contribution in [3.8, 4) is 0 Å². The lowest BCUT2D eigenvalue weighted by Gasteiger charge is -2.28. The van der Waals surface area contributed by atoms with Crippen molar-refractivity contribution in [3.63, 3.8) is 0 Å². The Bertz CT molecular complexity index is 881. The van der Waals surface area contributed by atoms with Gasteiger partial charge in [0.05, 0.1) is 0 Å². The zero-order valence-electron chi connectivity index (χ0n) is 18.6. The molecule has 1 aliphatic heterocycles. The number of rotatable bonds is 7. The molecule has 33 heavy (non-hydrogen) atoms. The predicted octanol–water partition coefficient (Wildman–Crippen LogP) is 4.13. The Balaban J connectivity index is 2.26. The van der Waals surface area contributed by atoms with Crippen molar-refractivity contribution >= 4 is 11.6 Å². The molecule has 0 aromatic heterocycles. The van der Waals surface area contributed by atoms with Gasteiger partial charge in [0.1, 0.15) is 17.3 Å². The Morgan fingerprint density at radius 3 is 2.55 bits per heavy atom. The highest BCUT2D eigenvalue weighted by atomic mass is 19.4. The smallest absolute Gasteiger partial charge is 0.396 e. The molecule has 1 fully saturated rings. The first-order valence-electron chi connectivity index (χ1n) is 10.7. The van der Waals surface area contributed by atoms with Crippen LogP contribution in [0.15, 0.2) is 53.4 Å². The van der Waals surface area contributed by atoms with Crippen LogP contribution < -0.4 is 5.84 Å². The quantitative estimate of drug-likeness (QED) is 0.272. The van der Waals surface area contributed by atoms with Crippen molar-refractivity contribution in [3.05, 3.63) is 59.8 Å². The molecule has 0 radical (unpaired) electrons. The number of hydrogen-bond acceptors (Lipinski definition) is 5. The minimum absolute atomic E-state index is 0.0607. The van der Waals surface area contributed by atoms with Crippen molar-refractivity contribution in [2.45, 2.75) is 45.2 Å². The second kappa shape index (κ2) is 11.9. The van der Waals surface area contributed by atoms with Gasteiger partial charge in [-0.3, -0.25) is 9.80 Å². The molecule has 1 heterocycles. The number of alkyl halides is 3. The van der Waals surface area contributed by atoms with E-state index in [9.17, 15) is 27.5 Å². The van der Waals surface area contributed by atoms with Crippen LogP contribution in [-0.2, 0) is 4.79 Å². The van der Waals surface area contributed by atoms with E-state index in [2.05, 4.69) is 11.6 Å². The Kier molecular flexibility index (Phi) is 9.60. The molecule has 1 saturated heterocycles. The van der Waals surface area contributed by atoms with Gasteiger partial charge in [0.25, 0.3) is 0 Å². The normalized spacial score (nSPS) is 18.5. The molecule has 1 aliphatic rings. The molecule has 1 atom stereocenters. The van der Waals surface area contributed by atoms with E-state index in [1.807, 2.05) is 0 Å². The average Bonchev–Trinajstić information content (AvgIpc) is 2.75. The van der Waals surface area contributed by atoms with Crippen molar-refractivity contribution in [1.29, 1.82) is 0 Å². The number of carbonyl (C=O) groups excluding carboxylic acids is 1. The van der Waals surface area contributed by atoms with E-state index in [4.69, 9.17) is 5.84 Å². The number of aliphatic hydroxyl groups is 1.